The van der Waals surface area contributed by atoms with E-state index in [4.69, 9.17) is 0 Å². The molecule has 4 saturated carbocycles. The monoisotopic (exact) mass is 378 g/mol. The summed E-state index contributed by atoms with van der Waals surface area (Å²) in [7, 11) is 0. The summed E-state index contributed by atoms with van der Waals surface area (Å²) in [5, 5.41) is 21.5. The number of aromatic nitrogens is 2. The number of phenolic OH excluding ortho intramolecular Hbond substituents is 1. The van der Waals surface area contributed by atoms with Crippen LogP contribution in [0.2, 0.25) is 0 Å². The Hall–Kier alpha value is -2.63. The Balaban J connectivity index is 1.32. The van der Waals surface area contributed by atoms with Crippen LogP contribution in [-0.4, -0.2) is 26.9 Å². The van der Waals surface area contributed by atoms with E-state index >= 15 is 0 Å². The van der Waals surface area contributed by atoms with Crippen LogP contribution in [0.25, 0.3) is 0 Å². The third-order valence-corrected chi connectivity index (χ3v) is 7.04. The van der Waals surface area contributed by atoms with Gasteiger partial charge in [0, 0.05) is 16.7 Å². The quantitative estimate of drug-likeness (QED) is 0.559. The second kappa shape index (κ2) is 6.47. The highest BCUT2D eigenvalue weighted by Crippen LogP contribution is 2.60. The first-order chi connectivity index (χ1) is 13.5. The van der Waals surface area contributed by atoms with Crippen LogP contribution in [0.1, 0.15) is 67.2 Å². The van der Waals surface area contributed by atoms with Crippen LogP contribution in [0, 0.1) is 17.8 Å². The third-order valence-electron chi connectivity index (χ3n) is 7.04. The van der Waals surface area contributed by atoms with E-state index in [1.165, 1.54) is 38.5 Å². The van der Waals surface area contributed by atoms with Crippen LogP contribution in [0.5, 0.6) is 5.75 Å². The lowest BCUT2D eigenvalue weighted by molar-refractivity contribution is -0.00721. The average Bonchev–Trinajstić information content (AvgIpc) is 3.16. The number of benzene rings is 1. The van der Waals surface area contributed by atoms with Crippen molar-refractivity contribution < 1.29 is 9.90 Å². The molecule has 4 fully saturated rings. The van der Waals surface area contributed by atoms with Crippen molar-refractivity contribution in [2.24, 2.45) is 22.9 Å². The largest absolute Gasteiger partial charge is 0.507 e. The molecule has 2 aromatic rings. The van der Waals surface area contributed by atoms with Gasteiger partial charge in [0.25, 0.3) is 5.91 Å². The molecule has 6 heteroatoms. The van der Waals surface area contributed by atoms with Crippen LogP contribution < -0.4 is 5.43 Å². The Morgan fingerprint density at radius 1 is 1.18 bits per heavy atom. The number of carbonyl (C=O) groups excluding carboxylic acids is 1. The standard InChI is InChI=1S/C22H26N4O2/c1-13(17-4-2-3-5-19(17)27)23-26-21(28)18-9-20(25-24-18)22-10-14-6-15(11-22)8-16(7-14)12-22/h2-5,9,14-16,27H,6-8,10-12H2,1H3,(H,24,25)(H,26,28). The van der Waals surface area contributed by atoms with Gasteiger partial charge in [-0.05, 0) is 81.4 Å². The molecule has 0 spiro atoms. The molecule has 0 atom stereocenters. The van der Waals surface area contributed by atoms with E-state index in [0.717, 1.165) is 23.4 Å². The van der Waals surface area contributed by atoms with Crippen LogP contribution >= 0.6 is 0 Å². The predicted molar refractivity (Wildman–Crippen MR) is 106 cm³/mol. The summed E-state index contributed by atoms with van der Waals surface area (Å²) < 4.78 is 0. The van der Waals surface area contributed by atoms with Gasteiger partial charge in [-0.25, -0.2) is 5.43 Å². The van der Waals surface area contributed by atoms with Gasteiger partial charge in [0.05, 0.1) is 5.71 Å². The number of hydrogen-bond acceptors (Lipinski definition) is 4. The molecule has 28 heavy (non-hydrogen) atoms. The van der Waals surface area contributed by atoms with Gasteiger partial charge >= 0.3 is 0 Å². The molecule has 3 N–H and O–H groups in total. The van der Waals surface area contributed by atoms with E-state index in [1.54, 1.807) is 25.1 Å². The SMILES string of the molecule is CC(=NNC(=O)c1cc(C23CC4CC(CC(C4)C2)C3)[nH]n1)c1ccccc1O. The molecule has 0 aliphatic heterocycles. The normalized spacial score (nSPS) is 31.2. The number of para-hydroxylation sites is 1. The van der Waals surface area contributed by atoms with Crippen molar-refractivity contribution in [2.45, 2.75) is 50.9 Å². The minimum Gasteiger partial charge on any atom is -0.507 e. The number of hydrazone groups is 1. The van der Waals surface area contributed by atoms with Crippen molar-refractivity contribution in [3.05, 3.63) is 47.3 Å². The molecule has 6 nitrogen and oxygen atoms in total. The molecule has 4 aliphatic rings. The maximum absolute atomic E-state index is 12.5. The molecule has 146 valence electrons. The number of nitrogens with zero attached hydrogens (tertiary/aromatic N) is 2. The lowest BCUT2D eigenvalue weighted by Crippen LogP contribution is -2.48. The minimum atomic E-state index is -0.331. The molecule has 0 unspecified atom stereocenters. The first kappa shape index (κ1) is 17.5. The van der Waals surface area contributed by atoms with Crippen LogP contribution in [-0.2, 0) is 5.41 Å². The topological polar surface area (TPSA) is 90.4 Å². The van der Waals surface area contributed by atoms with Gasteiger partial charge in [0.2, 0.25) is 0 Å². The zero-order chi connectivity index (χ0) is 19.3. The fourth-order valence-electron chi connectivity index (χ4n) is 6.18. The van der Waals surface area contributed by atoms with Crippen molar-refractivity contribution >= 4 is 11.6 Å². The fraction of sp³-hybridized carbons (Fsp3) is 0.500. The summed E-state index contributed by atoms with van der Waals surface area (Å²) >= 11 is 0. The van der Waals surface area contributed by atoms with E-state index in [9.17, 15) is 9.90 Å². The molecule has 1 aromatic carbocycles. The van der Waals surface area contributed by atoms with Crippen molar-refractivity contribution in [3.63, 3.8) is 0 Å². The van der Waals surface area contributed by atoms with E-state index in [-0.39, 0.29) is 17.1 Å². The minimum absolute atomic E-state index is 0.141. The molecule has 1 aromatic heterocycles. The van der Waals surface area contributed by atoms with Gasteiger partial charge in [-0.15, -0.1) is 0 Å². The highest BCUT2D eigenvalue weighted by molar-refractivity contribution is 6.02. The number of rotatable bonds is 4. The lowest BCUT2D eigenvalue weighted by Gasteiger charge is -2.56. The van der Waals surface area contributed by atoms with Gasteiger partial charge in [0.1, 0.15) is 5.75 Å². The average molecular weight is 378 g/mol. The molecule has 6 rings (SSSR count). The summed E-state index contributed by atoms with van der Waals surface area (Å²) in [6.45, 7) is 1.75. The summed E-state index contributed by atoms with van der Waals surface area (Å²) in [5.74, 6) is 2.34. The number of aromatic amines is 1. The van der Waals surface area contributed by atoms with Crippen molar-refractivity contribution in [1.82, 2.24) is 15.6 Å². The molecule has 1 amide bonds. The number of H-pyrrole nitrogens is 1. The molecular weight excluding hydrogens is 352 g/mol. The number of amides is 1. The first-order valence-corrected chi connectivity index (χ1v) is 10.2. The zero-order valence-electron chi connectivity index (χ0n) is 16.1. The molecule has 0 saturated heterocycles. The van der Waals surface area contributed by atoms with E-state index in [1.807, 2.05) is 12.1 Å². The van der Waals surface area contributed by atoms with Gasteiger partial charge in [-0.2, -0.15) is 10.2 Å². The summed E-state index contributed by atoms with van der Waals surface area (Å²) in [4.78, 5) is 12.5. The Morgan fingerprint density at radius 3 is 2.46 bits per heavy atom. The van der Waals surface area contributed by atoms with Gasteiger partial charge in [-0.3, -0.25) is 9.89 Å². The first-order valence-electron chi connectivity index (χ1n) is 10.2. The number of hydrogen-bond donors (Lipinski definition) is 3. The molecule has 4 aliphatic carbocycles. The smallest absolute Gasteiger partial charge is 0.291 e. The van der Waals surface area contributed by atoms with Crippen LogP contribution in [0.3, 0.4) is 0 Å². The van der Waals surface area contributed by atoms with E-state index in [0.29, 0.717) is 17.0 Å². The second-order valence-corrected chi connectivity index (χ2v) is 9.02. The molecular formula is C22H26N4O2. The summed E-state index contributed by atoms with van der Waals surface area (Å²) in [6.07, 6.45) is 7.86. The number of aromatic hydroxyl groups is 1. The van der Waals surface area contributed by atoms with E-state index < -0.39 is 0 Å². The highest BCUT2D eigenvalue weighted by Gasteiger charge is 2.52. The maximum Gasteiger partial charge on any atom is 0.291 e. The van der Waals surface area contributed by atoms with Crippen molar-refractivity contribution in [2.75, 3.05) is 0 Å². The molecule has 1 heterocycles. The third kappa shape index (κ3) is 2.91. The van der Waals surface area contributed by atoms with Crippen molar-refractivity contribution in [3.8, 4) is 5.75 Å². The summed E-state index contributed by atoms with van der Waals surface area (Å²) in [6, 6.07) is 8.86. The molecule has 0 radical (unpaired) electrons. The Bertz CT molecular complexity index is 910. The van der Waals surface area contributed by atoms with Gasteiger partial charge < -0.3 is 5.11 Å². The Labute approximate surface area is 164 Å². The number of nitrogens with one attached hydrogen (secondary N) is 2. The van der Waals surface area contributed by atoms with Gasteiger partial charge in [-0.1, -0.05) is 12.1 Å². The fourth-order valence-corrected chi connectivity index (χ4v) is 6.18. The Kier molecular flexibility index (Phi) is 4.03. The van der Waals surface area contributed by atoms with Crippen molar-refractivity contribution in [1.29, 1.82) is 0 Å². The second-order valence-electron chi connectivity index (χ2n) is 9.02. The Morgan fingerprint density at radius 2 is 1.82 bits per heavy atom. The number of phenols is 1. The van der Waals surface area contributed by atoms with Crippen LogP contribution in [0.15, 0.2) is 35.4 Å². The molecule has 4 bridgehead atoms. The maximum atomic E-state index is 12.5. The predicted octanol–water partition coefficient (Wildman–Crippen LogP) is 3.74. The van der Waals surface area contributed by atoms with Gasteiger partial charge in [0.15, 0.2) is 5.69 Å². The zero-order valence-corrected chi connectivity index (χ0v) is 16.1. The highest BCUT2D eigenvalue weighted by atomic mass is 16.3. The summed E-state index contributed by atoms with van der Waals surface area (Å²) in [5.41, 5.74) is 5.40. The number of carbonyl (C=O) groups is 1. The lowest BCUT2D eigenvalue weighted by atomic mass is 9.49. The van der Waals surface area contributed by atoms with Crippen LogP contribution in [0.4, 0.5) is 0 Å². The van der Waals surface area contributed by atoms with E-state index in [2.05, 4.69) is 20.7 Å².